The van der Waals surface area contributed by atoms with E-state index in [1.54, 1.807) is 6.07 Å². The van der Waals surface area contributed by atoms with Gasteiger partial charge in [0.2, 0.25) is 0 Å². The lowest BCUT2D eigenvalue weighted by atomic mass is 10.1. The number of phenols is 1. The van der Waals surface area contributed by atoms with Crippen molar-refractivity contribution in [3.63, 3.8) is 0 Å². The first-order valence-electron chi connectivity index (χ1n) is 7.32. The molecule has 25 heavy (non-hydrogen) atoms. The standard InChI is InChI=1S/C18H14BrNO3S2/c19-11-5-7-12(8-6-11)25-20-15-9-16(24-10-17(21)22)18(23)14-4-2-1-3-13(14)15/h1-9,20,23H,10H2,(H,21,22). The van der Waals surface area contributed by atoms with Crippen LogP contribution >= 0.6 is 39.6 Å². The summed E-state index contributed by atoms with van der Waals surface area (Å²) in [5.41, 5.74) is 0.828. The minimum absolute atomic E-state index is 0.106. The Balaban J connectivity index is 1.93. The van der Waals surface area contributed by atoms with E-state index in [4.69, 9.17) is 5.11 Å². The third-order valence-electron chi connectivity index (χ3n) is 3.42. The van der Waals surface area contributed by atoms with Crippen LogP contribution in [0.4, 0.5) is 5.69 Å². The number of carboxylic acids is 1. The molecule has 0 amide bonds. The summed E-state index contributed by atoms with van der Waals surface area (Å²) in [4.78, 5) is 12.4. The smallest absolute Gasteiger partial charge is 0.313 e. The van der Waals surface area contributed by atoms with E-state index in [2.05, 4.69) is 20.7 Å². The summed E-state index contributed by atoms with van der Waals surface area (Å²) in [6, 6.07) is 17.2. The number of hydrogen-bond acceptors (Lipinski definition) is 5. The SMILES string of the molecule is O=C(O)CSc1cc(NSc2ccc(Br)cc2)c2ccccc2c1O. The molecule has 0 fully saturated rings. The highest BCUT2D eigenvalue weighted by molar-refractivity contribution is 9.10. The van der Waals surface area contributed by atoms with E-state index in [0.717, 1.165) is 32.2 Å². The molecule has 3 aromatic rings. The van der Waals surface area contributed by atoms with E-state index in [-0.39, 0.29) is 11.5 Å². The lowest BCUT2D eigenvalue weighted by Crippen LogP contribution is -1.98. The van der Waals surface area contributed by atoms with Gasteiger partial charge in [-0.15, -0.1) is 11.8 Å². The first-order valence-corrected chi connectivity index (χ1v) is 9.92. The zero-order valence-corrected chi connectivity index (χ0v) is 16.1. The van der Waals surface area contributed by atoms with Gasteiger partial charge < -0.3 is 14.9 Å². The second-order valence-corrected chi connectivity index (χ2v) is 7.97. The van der Waals surface area contributed by atoms with Gasteiger partial charge in [-0.05, 0) is 42.3 Å². The average molecular weight is 436 g/mol. The molecule has 4 nitrogen and oxygen atoms in total. The van der Waals surface area contributed by atoms with Crippen molar-refractivity contribution >= 4 is 62.1 Å². The fourth-order valence-electron chi connectivity index (χ4n) is 2.28. The molecular formula is C18H14BrNO3S2. The maximum Gasteiger partial charge on any atom is 0.313 e. The molecule has 0 aliphatic carbocycles. The Labute approximate surface area is 161 Å². The number of rotatable bonds is 6. The molecule has 0 saturated carbocycles. The number of carbonyl (C=O) groups is 1. The van der Waals surface area contributed by atoms with Crippen molar-refractivity contribution in [1.82, 2.24) is 0 Å². The highest BCUT2D eigenvalue weighted by Crippen LogP contribution is 2.41. The molecule has 0 bridgehead atoms. The number of halogens is 1. The molecule has 128 valence electrons. The number of aromatic hydroxyl groups is 1. The lowest BCUT2D eigenvalue weighted by Gasteiger charge is -2.13. The summed E-state index contributed by atoms with van der Waals surface area (Å²) in [6.45, 7) is 0. The number of hydrogen-bond donors (Lipinski definition) is 3. The Hall–Kier alpha value is -1.83. The van der Waals surface area contributed by atoms with Crippen LogP contribution < -0.4 is 4.72 Å². The molecule has 0 heterocycles. The van der Waals surface area contributed by atoms with Crippen molar-refractivity contribution in [2.24, 2.45) is 0 Å². The molecule has 0 saturated heterocycles. The number of aliphatic carboxylic acids is 1. The fourth-order valence-corrected chi connectivity index (χ4v) is 3.94. The Morgan fingerprint density at radius 2 is 1.76 bits per heavy atom. The van der Waals surface area contributed by atoms with Crippen molar-refractivity contribution in [2.45, 2.75) is 9.79 Å². The van der Waals surface area contributed by atoms with E-state index in [0.29, 0.717) is 10.3 Å². The summed E-state index contributed by atoms with van der Waals surface area (Å²) in [6.07, 6.45) is 0. The third-order valence-corrected chi connectivity index (χ3v) is 5.80. The maximum atomic E-state index is 10.8. The minimum atomic E-state index is -0.920. The van der Waals surface area contributed by atoms with Gasteiger partial charge in [-0.3, -0.25) is 4.79 Å². The van der Waals surface area contributed by atoms with E-state index < -0.39 is 5.97 Å². The highest BCUT2D eigenvalue weighted by Gasteiger charge is 2.13. The Bertz CT molecular complexity index is 916. The van der Waals surface area contributed by atoms with Crippen LogP contribution in [0.3, 0.4) is 0 Å². The Morgan fingerprint density at radius 3 is 2.44 bits per heavy atom. The third kappa shape index (κ3) is 4.42. The summed E-state index contributed by atoms with van der Waals surface area (Å²) in [5, 5.41) is 20.9. The number of fused-ring (bicyclic) bond motifs is 1. The van der Waals surface area contributed by atoms with Gasteiger partial charge in [-0.1, -0.05) is 40.2 Å². The van der Waals surface area contributed by atoms with Gasteiger partial charge >= 0.3 is 5.97 Å². The lowest BCUT2D eigenvalue weighted by molar-refractivity contribution is -0.133. The van der Waals surface area contributed by atoms with Crippen LogP contribution in [0.25, 0.3) is 10.8 Å². The molecule has 0 radical (unpaired) electrons. The molecule has 0 aromatic heterocycles. The van der Waals surface area contributed by atoms with Crippen molar-refractivity contribution in [3.05, 3.63) is 59.1 Å². The summed E-state index contributed by atoms with van der Waals surface area (Å²) >= 11 is 5.97. The van der Waals surface area contributed by atoms with Crippen LogP contribution in [0.15, 0.2) is 68.9 Å². The van der Waals surface area contributed by atoms with Crippen molar-refractivity contribution in [1.29, 1.82) is 0 Å². The molecule has 7 heteroatoms. The number of carboxylic acid groups (broad SMARTS) is 1. The normalized spacial score (nSPS) is 10.8. The zero-order chi connectivity index (χ0) is 17.8. The number of phenolic OH excluding ortho intramolecular Hbond substituents is 1. The molecular weight excluding hydrogens is 422 g/mol. The monoisotopic (exact) mass is 435 g/mol. The molecule has 0 spiro atoms. The van der Waals surface area contributed by atoms with E-state index in [1.807, 2.05) is 48.5 Å². The van der Waals surface area contributed by atoms with Gasteiger partial charge in [0.25, 0.3) is 0 Å². The number of thioether (sulfide) groups is 1. The second kappa shape index (κ2) is 8.03. The van der Waals surface area contributed by atoms with Gasteiger partial charge in [0.1, 0.15) is 5.75 Å². The van der Waals surface area contributed by atoms with Gasteiger partial charge in [-0.2, -0.15) is 0 Å². The molecule has 0 atom stereocenters. The Kier molecular flexibility index (Phi) is 5.78. The van der Waals surface area contributed by atoms with E-state index in [1.165, 1.54) is 11.9 Å². The fraction of sp³-hybridized carbons (Fsp3) is 0.0556. The number of anilines is 1. The maximum absolute atomic E-state index is 10.8. The van der Waals surface area contributed by atoms with Gasteiger partial charge in [0.05, 0.1) is 16.3 Å². The van der Waals surface area contributed by atoms with Crippen LogP contribution in [0.1, 0.15) is 0 Å². The van der Waals surface area contributed by atoms with Gasteiger partial charge in [0, 0.05) is 20.1 Å². The van der Waals surface area contributed by atoms with Crippen LogP contribution in [-0.2, 0) is 4.79 Å². The molecule has 0 aliphatic rings. The topological polar surface area (TPSA) is 69.6 Å². The molecule has 3 rings (SSSR count). The van der Waals surface area contributed by atoms with Crippen LogP contribution in [0.5, 0.6) is 5.75 Å². The van der Waals surface area contributed by atoms with Crippen LogP contribution in [0, 0.1) is 0 Å². The predicted molar refractivity (Wildman–Crippen MR) is 108 cm³/mol. The predicted octanol–water partition coefficient (Wildman–Crippen LogP) is 5.60. The zero-order valence-electron chi connectivity index (χ0n) is 12.9. The van der Waals surface area contributed by atoms with Gasteiger partial charge in [-0.25, -0.2) is 0 Å². The van der Waals surface area contributed by atoms with E-state index >= 15 is 0 Å². The van der Waals surface area contributed by atoms with Crippen molar-refractivity contribution in [3.8, 4) is 5.75 Å². The number of nitrogens with one attached hydrogen (secondary N) is 1. The molecule has 0 aliphatic heterocycles. The van der Waals surface area contributed by atoms with Crippen LogP contribution in [0.2, 0.25) is 0 Å². The quantitative estimate of drug-likeness (QED) is 0.265. The highest BCUT2D eigenvalue weighted by atomic mass is 79.9. The first kappa shape index (κ1) is 18.0. The van der Waals surface area contributed by atoms with Crippen molar-refractivity contribution in [2.75, 3.05) is 10.5 Å². The van der Waals surface area contributed by atoms with Gasteiger partial charge in [0.15, 0.2) is 0 Å². The summed E-state index contributed by atoms with van der Waals surface area (Å²) in [5.74, 6) is -0.914. The molecule has 3 aromatic carbocycles. The molecule has 3 N–H and O–H groups in total. The van der Waals surface area contributed by atoms with E-state index in [9.17, 15) is 9.90 Å². The Morgan fingerprint density at radius 1 is 1.08 bits per heavy atom. The van der Waals surface area contributed by atoms with Crippen LogP contribution in [-0.4, -0.2) is 21.9 Å². The molecule has 0 unspecified atom stereocenters. The number of benzene rings is 3. The summed E-state index contributed by atoms with van der Waals surface area (Å²) in [7, 11) is 0. The second-order valence-electron chi connectivity index (χ2n) is 5.16. The largest absolute Gasteiger partial charge is 0.506 e. The minimum Gasteiger partial charge on any atom is -0.506 e. The van der Waals surface area contributed by atoms with Crippen molar-refractivity contribution < 1.29 is 15.0 Å². The summed E-state index contributed by atoms with van der Waals surface area (Å²) < 4.78 is 4.32. The first-order chi connectivity index (χ1) is 12.0. The average Bonchev–Trinajstić information content (AvgIpc) is 2.61.